The van der Waals surface area contributed by atoms with E-state index in [4.69, 9.17) is 0 Å². The van der Waals surface area contributed by atoms with Gasteiger partial charge in [0, 0.05) is 12.2 Å². The Hall–Kier alpha value is -1.40. The Bertz CT molecular complexity index is 578. The van der Waals surface area contributed by atoms with Crippen molar-refractivity contribution in [3.05, 3.63) is 41.0 Å². The Labute approximate surface area is 119 Å². The molecular weight excluding hydrogens is 285 g/mol. The van der Waals surface area contributed by atoms with Crippen molar-refractivity contribution in [2.75, 3.05) is 6.54 Å². The summed E-state index contributed by atoms with van der Waals surface area (Å²) in [7, 11) is 0. The fraction of sp³-hybridized carbons (Fsp3) is 0.357. The van der Waals surface area contributed by atoms with Crippen LogP contribution in [0.2, 0.25) is 0 Å². The third-order valence-electron chi connectivity index (χ3n) is 2.95. The lowest BCUT2D eigenvalue weighted by atomic mass is 10.0. The van der Waals surface area contributed by atoms with Crippen molar-refractivity contribution in [1.29, 1.82) is 0 Å². The normalized spacial score (nSPS) is 13.4. The number of hydrogen-bond donors (Lipinski definition) is 1. The predicted octanol–water partition coefficient (Wildman–Crippen LogP) is 4.50. The Kier molecular flexibility index (Phi) is 4.45. The Morgan fingerprint density at radius 3 is 2.60 bits per heavy atom. The first-order valence-corrected chi connectivity index (χ1v) is 7.10. The molecule has 1 N–H and O–H groups in total. The molecule has 0 fully saturated rings. The van der Waals surface area contributed by atoms with Crippen LogP contribution in [0.5, 0.6) is 0 Å². The van der Waals surface area contributed by atoms with Gasteiger partial charge in [-0.25, -0.2) is 4.98 Å². The third-order valence-corrected chi connectivity index (χ3v) is 4.03. The Balaban J connectivity index is 2.40. The minimum atomic E-state index is -4.38. The highest BCUT2D eigenvalue weighted by Gasteiger charge is 2.34. The topological polar surface area (TPSA) is 24.9 Å². The van der Waals surface area contributed by atoms with Gasteiger partial charge in [-0.05, 0) is 24.6 Å². The highest BCUT2D eigenvalue weighted by Crippen LogP contribution is 2.38. The second kappa shape index (κ2) is 5.93. The van der Waals surface area contributed by atoms with Crippen molar-refractivity contribution in [3.63, 3.8) is 0 Å². The number of thiazole rings is 1. The lowest BCUT2D eigenvalue weighted by molar-refractivity contribution is -0.137. The second-order valence-corrected chi connectivity index (χ2v) is 5.42. The van der Waals surface area contributed by atoms with Crippen LogP contribution in [0.1, 0.15) is 30.5 Å². The molecule has 1 aromatic heterocycles. The summed E-state index contributed by atoms with van der Waals surface area (Å²) in [6, 6.07) is 7.54. The first kappa shape index (κ1) is 15.0. The molecule has 0 aliphatic heterocycles. The van der Waals surface area contributed by atoms with Crippen molar-refractivity contribution in [3.8, 4) is 10.4 Å². The number of hydrogen-bond acceptors (Lipinski definition) is 3. The molecule has 0 amide bonds. The van der Waals surface area contributed by atoms with Gasteiger partial charge in [-0.1, -0.05) is 31.2 Å². The lowest BCUT2D eigenvalue weighted by Gasteiger charge is -2.16. The number of benzene rings is 1. The van der Waals surface area contributed by atoms with E-state index >= 15 is 0 Å². The molecule has 2 nitrogen and oxygen atoms in total. The summed E-state index contributed by atoms with van der Waals surface area (Å²) < 4.78 is 37.9. The molecule has 20 heavy (non-hydrogen) atoms. The maximum absolute atomic E-state index is 12.6. The van der Waals surface area contributed by atoms with Crippen molar-refractivity contribution in [2.45, 2.75) is 26.1 Å². The van der Waals surface area contributed by atoms with E-state index in [1.54, 1.807) is 0 Å². The predicted molar refractivity (Wildman–Crippen MR) is 74.6 cm³/mol. The standard InChI is InChI=1S/C14H15F3N2S/c1-3-18-9(2)10-6-4-5-7-11(10)12-8-19-13(20-12)14(15,16)17/h4-9,18H,3H2,1-2H3. The molecule has 1 atom stereocenters. The van der Waals surface area contributed by atoms with E-state index in [0.717, 1.165) is 17.7 Å². The third kappa shape index (κ3) is 3.19. The summed E-state index contributed by atoms with van der Waals surface area (Å²) in [6.07, 6.45) is -3.09. The molecule has 0 saturated heterocycles. The summed E-state index contributed by atoms with van der Waals surface area (Å²) in [5.74, 6) is 0. The summed E-state index contributed by atoms with van der Waals surface area (Å²) in [4.78, 5) is 4.02. The highest BCUT2D eigenvalue weighted by molar-refractivity contribution is 7.15. The zero-order valence-corrected chi connectivity index (χ0v) is 12.0. The molecular formula is C14H15F3N2S. The van der Waals surface area contributed by atoms with Crippen LogP contribution in [0, 0.1) is 0 Å². The van der Waals surface area contributed by atoms with Gasteiger partial charge in [-0.3, -0.25) is 0 Å². The van der Waals surface area contributed by atoms with Crippen molar-refractivity contribution in [1.82, 2.24) is 10.3 Å². The number of alkyl halides is 3. The number of rotatable bonds is 4. The molecule has 108 valence electrons. The molecule has 2 rings (SSSR count). The number of nitrogens with one attached hydrogen (secondary N) is 1. The van der Waals surface area contributed by atoms with Gasteiger partial charge < -0.3 is 5.32 Å². The van der Waals surface area contributed by atoms with E-state index in [1.165, 1.54) is 6.20 Å². The molecule has 0 aliphatic rings. The van der Waals surface area contributed by atoms with Gasteiger partial charge in [0.2, 0.25) is 0 Å². The molecule has 0 saturated carbocycles. The summed E-state index contributed by atoms with van der Waals surface area (Å²) >= 11 is 0.679. The highest BCUT2D eigenvalue weighted by atomic mass is 32.1. The lowest BCUT2D eigenvalue weighted by Crippen LogP contribution is -2.18. The van der Waals surface area contributed by atoms with Crippen LogP contribution in [0.25, 0.3) is 10.4 Å². The van der Waals surface area contributed by atoms with Gasteiger partial charge in [-0.2, -0.15) is 13.2 Å². The van der Waals surface area contributed by atoms with E-state index < -0.39 is 11.2 Å². The van der Waals surface area contributed by atoms with Gasteiger partial charge >= 0.3 is 6.18 Å². The van der Waals surface area contributed by atoms with Crippen LogP contribution in [0.15, 0.2) is 30.5 Å². The quantitative estimate of drug-likeness (QED) is 0.899. The number of halogens is 3. The molecule has 1 aromatic carbocycles. The van der Waals surface area contributed by atoms with E-state index in [-0.39, 0.29) is 6.04 Å². The maximum atomic E-state index is 12.6. The van der Waals surface area contributed by atoms with E-state index in [0.29, 0.717) is 16.2 Å². The Morgan fingerprint density at radius 2 is 2.00 bits per heavy atom. The van der Waals surface area contributed by atoms with Crippen LogP contribution in [0.3, 0.4) is 0 Å². The molecule has 6 heteroatoms. The number of aromatic nitrogens is 1. The maximum Gasteiger partial charge on any atom is 0.443 e. The molecule has 0 bridgehead atoms. The summed E-state index contributed by atoms with van der Waals surface area (Å²) in [6.45, 7) is 4.79. The molecule has 1 unspecified atom stereocenters. The van der Waals surface area contributed by atoms with E-state index in [2.05, 4.69) is 10.3 Å². The minimum Gasteiger partial charge on any atom is -0.310 e. The second-order valence-electron chi connectivity index (χ2n) is 4.39. The molecule has 0 aliphatic carbocycles. The van der Waals surface area contributed by atoms with Crippen LogP contribution in [-0.4, -0.2) is 11.5 Å². The van der Waals surface area contributed by atoms with Crippen molar-refractivity contribution in [2.24, 2.45) is 0 Å². The van der Waals surface area contributed by atoms with Crippen LogP contribution >= 0.6 is 11.3 Å². The van der Waals surface area contributed by atoms with Crippen LogP contribution < -0.4 is 5.32 Å². The van der Waals surface area contributed by atoms with Gasteiger partial charge in [0.1, 0.15) is 0 Å². The van der Waals surface area contributed by atoms with Gasteiger partial charge in [-0.15, -0.1) is 11.3 Å². The van der Waals surface area contributed by atoms with E-state index in [9.17, 15) is 13.2 Å². The van der Waals surface area contributed by atoms with Gasteiger partial charge in [0.05, 0.1) is 4.88 Å². The molecule has 1 heterocycles. The van der Waals surface area contributed by atoms with Crippen LogP contribution in [0.4, 0.5) is 13.2 Å². The SMILES string of the molecule is CCNC(C)c1ccccc1-c1cnc(C(F)(F)F)s1. The fourth-order valence-corrected chi connectivity index (χ4v) is 2.88. The van der Waals surface area contributed by atoms with Crippen molar-refractivity contribution >= 4 is 11.3 Å². The van der Waals surface area contributed by atoms with Crippen molar-refractivity contribution < 1.29 is 13.2 Å². The zero-order chi connectivity index (χ0) is 14.8. The van der Waals surface area contributed by atoms with Gasteiger partial charge in [0.25, 0.3) is 0 Å². The molecule has 0 spiro atoms. The average Bonchev–Trinajstić information content (AvgIpc) is 2.88. The monoisotopic (exact) mass is 300 g/mol. The zero-order valence-electron chi connectivity index (χ0n) is 11.2. The molecule has 0 radical (unpaired) electrons. The van der Waals surface area contributed by atoms with Gasteiger partial charge in [0.15, 0.2) is 5.01 Å². The summed E-state index contributed by atoms with van der Waals surface area (Å²) in [5.41, 5.74) is 1.78. The number of nitrogens with zero attached hydrogens (tertiary/aromatic N) is 1. The minimum absolute atomic E-state index is 0.0765. The summed E-state index contributed by atoms with van der Waals surface area (Å²) in [5, 5.41) is 2.46. The van der Waals surface area contributed by atoms with E-state index in [1.807, 2.05) is 38.1 Å². The Morgan fingerprint density at radius 1 is 1.30 bits per heavy atom. The largest absolute Gasteiger partial charge is 0.443 e. The first-order chi connectivity index (χ1) is 9.43. The first-order valence-electron chi connectivity index (χ1n) is 6.29. The molecule has 2 aromatic rings. The fourth-order valence-electron chi connectivity index (χ4n) is 2.04. The smallest absolute Gasteiger partial charge is 0.310 e. The average molecular weight is 300 g/mol. The van der Waals surface area contributed by atoms with Crippen LogP contribution in [-0.2, 0) is 6.18 Å².